The molecule has 0 aliphatic heterocycles. The van der Waals surface area contributed by atoms with Crippen molar-refractivity contribution in [1.29, 1.82) is 0 Å². The molecule has 0 bridgehead atoms. The SMILES string of the molecule is CCOc1ccc(OC)c(OC)c1. The summed E-state index contributed by atoms with van der Waals surface area (Å²) in [6, 6.07) is 5.48. The van der Waals surface area contributed by atoms with Crippen molar-refractivity contribution in [1.82, 2.24) is 0 Å². The number of hydrogen-bond acceptors (Lipinski definition) is 3. The molecule has 0 fully saturated rings. The smallest absolute Gasteiger partial charge is 0.164 e. The minimum atomic E-state index is 0.648. The third-order valence-corrected chi connectivity index (χ3v) is 1.67. The zero-order valence-electron chi connectivity index (χ0n) is 8.16. The fourth-order valence-electron chi connectivity index (χ4n) is 1.07. The van der Waals surface area contributed by atoms with E-state index >= 15 is 0 Å². The monoisotopic (exact) mass is 182 g/mol. The van der Waals surface area contributed by atoms with Crippen LogP contribution in [-0.2, 0) is 0 Å². The highest BCUT2D eigenvalue weighted by molar-refractivity contribution is 5.45. The van der Waals surface area contributed by atoms with Crippen LogP contribution in [0.1, 0.15) is 6.92 Å². The lowest BCUT2D eigenvalue weighted by atomic mass is 10.3. The molecule has 3 nitrogen and oxygen atoms in total. The summed E-state index contributed by atoms with van der Waals surface area (Å²) in [6.07, 6.45) is 0. The average molecular weight is 182 g/mol. The van der Waals surface area contributed by atoms with E-state index in [4.69, 9.17) is 14.2 Å². The molecular weight excluding hydrogens is 168 g/mol. The van der Waals surface area contributed by atoms with Crippen molar-refractivity contribution in [2.45, 2.75) is 6.92 Å². The molecule has 0 radical (unpaired) electrons. The lowest BCUT2D eigenvalue weighted by molar-refractivity contribution is 0.327. The van der Waals surface area contributed by atoms with Crippen LogP contribution in [0.25, 0.3) is 0 Å². The summed E-state index contributed by atoms with van der Waals surface area (Å²) in [5.41, 5.74) is 0. The first kappa shape index (κ1) is 9.71. The Morgan fingerprint density at radius 3 is 2.31 bits per heavy atom. The Bertz CT molecular complexity index is 271. The maximum absolute atomic E-state index is 5.31. The summed E-state index contributed by atoms with van der Waals surface area (Å²) < 4.78 is 15.5. The van der Waals surface area contributed by atoms with Crippen molar-refractivity contribution in [2.24, 2.45) is 0 Å². The van der Waals surface area contributed by atoms with Gasteiger partial charge in [0.05, 0.1) is 20.8 Å². The molecule has 0 N–H and O–H groups in total. The molecule has 0 atom stereocenters. The van der Waals surface area contributed by atoms with E-state index in [9.17, 15) is 0 Å². The molecule has 0 spiro atoms. The summed E-state index contributed by atoms with van der Waals surface area (Å²) in [7, 11) is 3.21. The van der Waals surface area contributed by atoms with Crippen LogP contribution >= 0.6 is 0 Å². The summed E-state index contributed by atoms with van der Waals surface area (Å²) in [6.45, 7) is 2.59. The van der Waals surface area contributed by atoms with Crippen LogP contribution in [0.5, 0.6) is 17.2 Å². The summed E-state index contributed by atoms with van der Waals surface area (Å²) in [5, 5.41) is 0. The molecule has 1 rings (SSSR count). The first-order valence-electron chi connectivity index (χ1n) is 4.16. The van der Waals surface area contributed by atoms with Gasteiger partial charge in [-0.25, -0.2) is 0 Å². The second-order valence-corrected chi connectivity index (χ2v) is 2.45. The summed E-state index contributed by atoms with van der Waals surface area (Å²) in [5.74, 6) is 2.19. The van der Waals surface area contributed by atoms with Gasteiger partial charge in [-0.05, 0) is 19.1 Å². The van der Waals surface area contributed by atoms with E-state index in [1.54, 1.807) is 14.2 Å². The Hall–Kier alpha value is -1.38. The number of methoxy groups -OCH3 is 2. The second kappa shape index (κ2) is 4.60. The van der Waals surface area contributed by atoms with Gasteiger partial charge in [0.25, 0.3) is 0 Å². The van der Waals surface area contributed by atoms with E-state index in [0.717, 1.165) is 5.75 Å². The third-order valence-electron chi connectivity index (χ3n) is 1.67. The van der Waals surface area contributed by atoms with Crippen LogP contribution in [0.4, 0.5) is 0 Å². The fourth-order valence-corrected chi connectivity index (χ4v) is 1.07. The van der Waals surface area contributed by atoms with Gasteiger partial charge >= 0.3 is 0 Å². The standard InChI is InChI=1S/C10H14O3/c1-4-13-8-5-6-9(11-2)10(7-8)12-3/h5-7H,4H2,1-3H3. The van der Waals surface area contributed by atoms with Crippen LogP contribution in [-0.4, -0.2) is 20.8 Å². The average Bonchev–Trinajstić information content (AvgIpc) is 2.18. The van der Waals surface area contributed by atoms with Gasteiger partial charge in [0.15, 0.2) is 11.5 Å². The lowest BCUT2D eigenvalue weighted by Crippen LogP contribution is -1.94. The van der Waals surface area contributed by atoms with Gasteiger partial charge in [0.1, 0.15) is 5.75 Å². The highest BCUT2D eigenvalue weighted by Crippen LogP contribution is 2.30. The maximum Gasteiger partial charge on any atom is 0.164 e. The Morgan fingerprint density at radius 2 is 1.77 bits per heavy atom. The summed E-state index contributed by atoms with van der Waals surface area (Å²) >= 11 is 0. The molecule has 0 saturated heterocycles. The minimum Gasteiger partial charge on any atom is -0.494 e. The van der Waals surface area contributed by atoms with Crippen molar-refractivity contribution < 1.29 is 14.2 Å². The minimum absolute atomic E-state index is 0.648. The van der Waals surface area contributed by atoms with Crippen LogP contribution in [0.15, 0.2) is 18.2 Å². The van der Waals surface area contributed by atoms with Gasteiger partial charge in [-0.1, -0.05) is 0 Å². The molecule has 72 valence electrons. The Morgan fingerprint density at radius 1 is 1.08 bits per heavy atom. The van der Waals surface area contributed by atoms with E-state index in [1.807, 2.05) is 25.1 Å². The molecule has 0 heterocycles. The molecule has 1 aromatic carbocycles. The first-order valence-corrected chi connectivity index (χ1v) is 4.16. The fraction of sp³-hybridized carbons (Fsp3) is 0.400. The van der Waals surface area contributed by atoms with E-state index in [2.05, 4.69) is 0 Å². The second-order valence-electron chi connectivity index (χ2n) is 2.45. The number of rotatable bonds is 4. The normalized spacial score (nSPS) is 9.46. The summed E-state index contributed by atoms with van der Waals surface area (Å²) in [4.78, 5) is 0. The third kappa shape index (κ3) is 2.28. The largest absolute Gasteiger partial charge is 0.494 e. The Labute approximate surface area is 78.2 Å². The Kier molecular flexibility index (Phi) is 3.43. The van der Waals surface area contributed by atoms with Crippen LogP contribution in [0, 0.1) is 0 Å². The van der Waals surface area contributed by atoms with Gasteiger partial charge in [-0.15, -0.1) is 0 Å². The predicted octanol–water partition coefficient (Wildman–Crippen LogP) is 2.10. The van der Waals surface area contributed by atoms with Gasteiger partial charge < -0.3 is 14.2 Å². The maximum atomic E-state index is 5.31. The van der Waals surface area contributed by atoms with Gasteiger partial charge in [-0.2, -0.15) is 0 Å². The highest BCUT2D eigenvalue weighted by Gasteiger charge is 2.03. The van der Waals surface area contributed by atoms with E-state index in [0.29, 0.717) is 18.1 Å². The van der Waals surface area contributed by atoms with Crippen LogP contribution in [0.3, 0.4) is 0 Å². The van der Waals surface area contributed by atoms with Crippen molar-refractivity contribution >= 4 is 0 Å². The number of benzene rings is 1. The predicted molar refractivity (Wildman–Crippen MR) is 50.7 cm³/mol. The van der Waals surface area contributed by atoms with E-state index in [-0.39, 0.29) is 0 Å². The number of ether oxygens (including phenoxy) is 3. The molecule has 3 heteroatoms. The molecule has 0 aliphatic rings. The molecule has 13 heavy (non-hydrogen) atoms. The zero-order chi connectivity index (χ0) is 9.68. The van der Waals surface area contributed by atoms with E-state index < -0.39 is 0 Å². The topological polar surface area (TPSA) is 27.7 Å². The Balaban J connectivity index is 2.91. The molecule has 0 unspecified atom stereocenters. The quantitative estimate of drug-likeness (QED) is 0.713. The van der Waals surface area contributed by atoms with Crippen molar-refractivity contribution in [3.05, 3.63) is 18.2 Å². The van der Waals surface area contributed by atoms with Crippen molar-refractivity contribution in [3.8, 4) is 17.2 Å². The zero-order valence-corrected chi connectivity index (χ0v) is 8.16. The number of hydrogen-bond donors (Lipinski definition) is 0. The van der Waals surface area contributed by atoms with Gasteiger partial charge in [0.2, 0.25) is 0 Å². The lowest BCUT2D eigenvalue weighted by Gasteiger charge is -2.09. The highest BCUT2D eigenvalue weighted by atomic mass is 16.5. The molecular formula is C10H14O3. The van der Waals surface area contributed by atoms with Gasteiger partial charge in [0, 0.05) is 6.07 Å². The van der Waals surface area contributed by atoms with Crippen LogP contribution in [0.2, 0.25) is 0 Å². The molecule has 1 aromatic rings. The van der Waals surface area contributed by atoms with E-state index in [1.165, 1.54) is 0 Å². The molecule has 0 saturated carbocycles. The molecule has 0 aliphatic carbocycles. The van der Waals surface area contributed by atoms with Crippen molar-refractivity contribution in [3.63, 3.8) is 0 Å². The first-order chi connectivity index (χ1) is 6.31. The molecule has 0 aromatic heterocycles. The van der Waals surface area contributed by atoms with Crippen LogP contribution < -0.4 is 14.2 Å². The molecule has 0 amide bonds. The van der Waals surface area contributed by atoms with Crippen molar-refractivity contribution in [2.75, 3.05) is 20.8 Å². The van der Waals surface area contributed by atoms with Gasteiger partial charge in [-0.3, -0.25) is 0 Å².